The maximum absolute atomic E-state index is 13.1. The van der Waals surface area contributed by atoms with Crippen LogP contribution in [0.15, 0.2) is 12.1 Å². The molecule has 0 aliphatic carbocycles. The van der Waals surface area contributed by atoms with Crippen LogP contribution in [0.5, 0.6) is 0 Å². The molecule has 206 valence electrons. The summed E-state index contributed by atoms with van der Waals surface area (Å²) in [5.41, 5.74) is 1.37. The normalized spacial score (nSPS) is 14.8. The van der Waals surface area contributed by atoms with Gasteiger partial charge in [0.2, 0.25) is 5.69 Å². The zero-order chi connectivity index (χ0) is 28.2. The second kappa shape index (κ2) is 11.7. The summed E-state index contributed by atoms with van der Waals surface area (Å²) in [5, 5.41) is 13.7. The van der Waals surface area contributed by atoms with Crippen LogP contribution in [0.1, 0.15) is 66.3 Å². The van der Waals surface area contributed by atoms with E-state index < -0.39 is 54.9 Å². The molecule has 1 aromatic carbocycles. The monoisotopic (exact) mass is 562 g/mol. The van der Waals surface area contributed by atoms with E-state index in [1.807, 2.05) is 25.3 Å². The van der Waals surface area contributed by atoms with Crippen molar-refractivity contribution in [1.29, 1.82) is 0 Å². The van der Waals surface area contributed by atoms with Crippen LogP contribution in [0.3, 0.4) is 0 Å². The Balaban J connectivity index is 2.49. The summed E-state index contributed by atoms with van der Waals surface area (Å²) in [6, 6.07) is 2.86. The van der Waals surface area contributed by atoms with Gasteiger partial charge in [0.05, 0.1) is 28.0 Å². The predicted molar refractivity (Wildman–Crippen MR) is 134 cm³/mol. The standard InChI is InChI=1S/C22H31N3O10S2/c1-14-22(2,3)19-16(21(29)24-8-11-37(33,34)35)12-15(20(28)23-7-10-36(30,31)32)13-17(19)25(14)9-5-4-6-18(26)27/h12-13H,4-11H2,1-3H3,(H4-,23,24,26,27,28,29,30,31,32,33,34,35)/p+1. The minimum atomic E-state index is -4.32. The molecule has 2 rings (SSSR count). The highest BCUT2D eigenvalue weighted by Crippen LogP contribution is 2.42. The third kappa shape index (κ3) is 8.31. The van der Waals surface area contributed by atoms with Gasteiger partial charge in [-0.25, -0.2) is 0 Å². The Hall–Kier alpha value is -2.88. The van der Waals surface area contributed by atoms with Gasteiger partial charge in [0.1, 0.15) is 6.54 Å². The van der Waals surface area contributed by atoms with Crippen molar-refractivity contribution in [3.63, 3.8) is 0 Å². The summed E-state index contributed by atoms with van der Waals surface area (Å²) >= 11 is 0. The number of hydrogen-bond donors (Lipinski definition) is 5. The fraction of sp³-hybridized carbons (Fsp3) is 0.545. The summed E-state index contributed by atoms with van der Waals surface area (Å²) in [6.07, 6.45) is 0.911. The zero-order valence-electron chi connectivity index (χ0n) is 20.8. The lowest BCUT2D eigenvalue weighted by molar-refractivity contribution is -0.439. The molecule has 1 aliphatic rings. The van der Waals surface area contributed by atoms with Crippen LogP contribution in [0.4, 0.5) is 5.69 Å². The molecule has 0 unspecified atom stereocenters. The third-order valence-corrected chi connectivity index (χ3v) is 7.60. The molecule has 0 bridgehead atoms. The van der Waals surface area contributed by atoms with Crippen molar-refractivity contribution in [1.82, 2.24) is 10.6 Å². The number of amides is 2. The van der Waals surface area contributed by atoms with Crippen molar-refractivity contribution in [3.05, 3.63) is 28.8 Å². The summed E-state index contributed by atoms with van der Waals surface area (Å²) in [6.45, 7) is 5.26. The number of carboxylic acids is 1. The number of rotatable bonds is 13. The second-order valence-electron chi connectivity index (χ2n) is 9.21. The maximum Gasteiger partial charge on any atom is 0.303 e. The maximum atomic E-state index is 13.1. The average Bonchev–Trinajstić information content (AvgIpc) is 2.94. The minimum absolute atomic E-state index is 0.0131. The van der Waals surface area contributed by atoms with Gasteiger partial charge in [0, 0.05) is 44.5 Å². The second-order valence-corrected chi connectivity index (χ2v) is 12.4. The Kier molecular flexibility index (Phi) is 9.57. The molecule has 0 radical (unpaired) electrons. The molecule has 0 aromatic heterocycles. The average molecular weight is 563 g/mol. The van der Waals surface area contributed by atoms with Gasteiger partial charge in [0.15, 0.2) is 5.71 Å². The van der Waals surface area contributed by atoms with Gasteiger partial charge in [-0.05, 0) is 26.3 Å². The number of carbonyl (C=O) groups excluding carboxylic acids is 2. The molecule has 1 aliphatic heterocycles. The summed E-state index contributed by atoms with van der Waals surface area (Å²) in [7, 11) is -8.63. The minimum Gasteiger partial charge on any atom is -0.481 e. The van der Waals surface area contributed by atoms with E-state index in [0.717, 1.165) is 5.71 Å². The lowest BCUT2D eigenvalue weighted by atomic mass is 9.79. The topological polar surface area (TPSA) is 207 Å². The van der Waals surface area contributed by atoms with E-state index in [2.05, 4.69) is 10.6 Å². The van der Waals surface area contributed by atoms with E-state index in [1.165, 1.54) is 6.07 Å². The van der Waals surface area contributed by atoms with E-state index in [-0.39, 0.29) is 30.6 Å². The van der Waals surface area contributed by atoms with Crippen molar-refractivity contribution < 1.29 is 50.0 Å². The van der Waals surface area contributed by atoms with Gasteiger partial charge in [0.25, 0.3) is 32.1 Å². The van der Waals surface area contributed by atoms with Crippen LogP contribution in [0, 0.1) is 0 Å². The van der Waals surface area contributed by atoms with Crippen molar-refractivity contribution in [2.75, 3.05) is 31.1 Å². The Morgan fingerprint density at radius 1 is 0.919 bits per heavy atom. The van der Waals surface area contributed by atoms with Gasteiger partial charge in [-0.2, -0.15) is 21.4 Å². The van der Waals surface area contributed by atoms with Gasteiger partial charge < -0.3 is 15.7 Å². The highest BCUT2D eigenvalue weighted by molar-refractivity contribution is 7.86. The lowest BCUT2D eigenvalue weighted by Crippen LogP contribution is -2.33. The van der Waals surface area contributed by atoms with Gasteiger partial charge >= 0.3 is 5.97 Å². The highest BCUT2D eigenvalue weighted by atomic mass is 32.2. The molecule has 15 heteroatoms. The predicted octanol–water partition coefficient (Wildman–Crippen LogP) is 0.573. The van der Waals surface area contributed by atoms with E-state index in [9.17, 15) is 31.2 Å². The Morgan fingerprint density at radius 2 is 1.46 bits per heavy atom. The van der Waals surface area contributed by atoms with Crippen LogP contribution >= 0.6 is 0 Å². The smallest absolute Gasteiger partial charge is 0.303 e. The number of aliphatic carboxylic acids is 1. The van der Waals surface area contributed by atoms with E-state index in [1.54, 1.807) is 6.07 Å². The van der Waals surface area contributed by atoms with Crippen molar-refractivity contribution in [2.45, 2.75) is 45.4 Å². The number of benzene rings is 1. The Bertz CT molecular complexity index is 1330. The zero-order valence-corrected chi connectivity index (χ0v) is 22.4. The summed E-state index contributed by atoms with van der Waals surface area (Å²) in [5.74, 6) is -3.72. The number of carboxylic acid groups (broad SMARTS) is 1. The number of unbranched alkanes of at least 4 members (excludes halogenated alkanes) is 1. The highest BCUT2D eigenvalue weighted by Gasteiger charge is 2.46. The largest absolute Gasteiger partial charge is 0.481 e. The molecule has 5 N–H and O–H groups in total. The first-order chi connectivity index (χ1) is 16.9. The number of nitrogens with zero attached hydrogens (tertiary/aromatic N) is 1. The quantitative estimate of drug-likeness (QED) is 0.128. The van der Waals surface area contributed by atoms with Crippen LogP contribution in [-0.4, -0.2) is 90.3 Å². The van der Waals surface area contributed by atoms with Crippen LogP contribution in [0.2, 0.25) is 0 Å². The van der Waals surface area contributed by atoms with Gasteiger partial charge in [-0.1, -0.05) is 0 Å². The molecule has 0 saturated carbocycles. The molecule has 0 saturated heterocycles. The van der Waals surface area contributed by atoms with E-state index >= 15 is 0 Å². The molecule has 2 amide bonds. The molecule has 13 nitrogen and oxygen atoms in total. The van der Waals surface area contributed by atoms with Crippen molar-refractivity contribution >= 4 is 49.4 Å². The molecule has 0 atom stereocenters. The fourth-order valence-electron chi connectivity index (χ4n) is 4.12. The first kappa shape index (κ1) is 30.3. The fourth-order valence-corrected chi connectivity index (χ4v) is 4.84. The molecule has 0 spiro atoms. The molecule has 37 heavy (non-hydrogen) atoms. The first-order valence-corrected chi connectivity index (χ1v) is 14.6. The number of carbonyl (C=O) groups is 3. The molecule has 1 heterocycles. The molecule has 1 aromatic rings. The summed E-state index contributed by atoms with van der Waals surface area (Å²) in [4.78, 5) is 36.8. The van der Waals surface area contributed by atoms with E-state index in [0.29, 0.717) is 30.6 Å². The van der Waals surface area contributed by atoms with Crippen molar-refractivity contribution in [2.24, 2.45) is 0 Å². The van der Waals surface area contributed by atoms with Crippen molar-refractivity contribution in [3.8, 4) is 0 Å². The third-order valence-electron chi connectivity index (χ3n) is 6.16. The van der Waals surface area contributed by atoms with Crippen LogP contribution in [-0.2, 0) is 30.4 Å². The van der Waals surface area contributed by atoms with Crippen LogP contribution < -0.4 is 10.6 Å². The first-order valence-electron chi connectivity index (χ1n) is 11.4. The summed E-state index contributed by atoms with van der Waals surface area (Å²) < 4.78 is 63.8. The Morgan fingerprint density at radius 3 is 1.97 bits per heavy atom. The molecule has 0 fully saturated rings. The van der Waals surface area contributed by atoms with Crippen LogP contribution in [0.25, 0.3) is 0 Å². The van der Waals surface area contributed by atoms with Gasteiger partial charge in [-0.15, -0.1) is 0 Å². The number of hydrogen-bond acceptors (Lipinski definition) is 7. The van der Waals surface area contributed by atoms with E-state index in [4.69, 9.17) is 14.2 Å². The SMILES string of the molecule is CC1=[N+](CCCCC(=O)O)c2cc(C(=O)NCCS(=O)(=O)O)cc(C(=O)NCCS(=O)(=O)O)c2C1(C)C. The number of fused-ring (bicyclic) bond motifs is 1. The molecular weight excluding hydrogens is 530 g/mol. The lowest BCUT2D eigenvalue weighted by Gasteiger charge is -2.19. The molecular formula is C22H32N3O10S2+. The van der Waals surface area contributed by atoms with Gasteiger partial charge in [-0.3, -0.25) is 23.5 Å². The Labute approximate surface area is 215 Å². The number of nitrogens with one attached hydrogen (secondary N) is 2.